The molecule has 3 atom stereocenters. The third-order valence-electron chi connectivity index (χ3n) is 5.82. The summed E-state index contributed by atoms with van der Waals surface area (Å²) in [5.74, 6) is -0.720. The Morgan fingerprint density at radius 1 is 1.28 bits per heavy atom. The van der Waals surface area contributed by atoms with Crippen LogP contribution < -0.4 is 21.0 Å². The largest absolute Gasteiger partial charge is 0.547 e. The van der Waals surface area contributed by atoms with E-state index >= 15 is 0 Å². The van der Waals surface area contributed by atoms with Crippen molar-refractivity contribution in [2.75, 3.05) is 19.6 Å². The Morgan fingerprint density at radius 2 is 2.07 bits per heavy atom. The molecule has 1 aromatic rings. The second-order valence-electron chi connectivity index (χ2n) is 8.08. The molecule has 0 saturated heterocycles. The normalized spacial score (nSPS) is 23.8. The van der Waals surface area contributed by atoms with Crippen molar-refractivity contribution in [1.29, 1.82) is 0 Å². The van der Waals surface area contributed by atoms with E-state index in [4.69, 9.17) is 10.4 Å². The lowest BCUT2D eigenvalue weighted by Crippen LogP contribution is -2.53. The van der Waals surface area contributed by atoms with Crippen molar-refractivity contribution < 1.29 is 24.4 Å². The number of hydrogen-bond donors (Lipinski definition) is 5. The molecule has 3 rings (SSSR count). The zero-order valence-corrected chi connectivity index (χ0v) is 16.6. The number of carbonyl (C=O) groups excluding carboxylic acids is 1. The van der Waals surface area contributed by atoms with E-state index in [0.29, 0.717) is 36.8 Å². The Hall–Kier alpha value is -2.10. The van der Waals surface area contributed by atoms with E-state index in [1.54, 1.807) is 12.1 Å². The molecule has 6 N–H and O–H groups in total. The Balaban J connectivity index is 1.53. The number of benzene rings is 1. The topological polar surface area (TPSA) is 134 Å². The van der Waals surface area contributed by atoms with E-state index < -0.39 is 19.0 Å². The van der Waals surface area contributed by atoms with Crippen LogP contribution in [-0.4, -0.2) is 54.7 Å². The van der Waals surface area contributed by atoms with Crippen LogP contribution in [0.5, 0.6) is 5.75 Å². The van der Waals surface area contributed by atoms with Gasteiger partial charge in [-0.05, 0) is 55.7 Å². The van der Waals surface area contributed by atoms with Gasteiger partial charge in [0, 0.05) is 19.5 Å². The van der Waals surface area contributed by atoms with Gasteiger partial charge in [0.1, 0.15) is 5.75 Å². The molecule has 0 radical (unpaired) electrons. The molecule has 1 saturated carbocycles. The smallest absolute Gasteiger partial charge is 0.534 e. The second-order valence-corrected chi connectivity index (χ2v) is 8.08. The molecule has 29 heavy (non-hydrogen) atoms. The Kier molecular flexibility index (Phi) is 7.52. The SMILES string of the molecule is NCCNCC1CCCC(CC(=O)N[C@H]2Cc3cccc(C(=O)O)c3OB2O)C1. The predicted molar refractivity (Wildman–Crippen MR) is 110 cm³/mol. The van der Waals surface area contributed by atoms with Crippen molar-refractivity contribution in [3.05, 3.63) is 29.3 Å². The summed E-state index contributed by atoms with van der Waals surface area (Å²) in [7, 11) is -1.27. The van der Waals surface area contributed by atoms with Gasteiger partial charge in [-0.2, -0.15) is 0 Å². The maximum absolute atomic E-state index is 12.6. The summed E-state index contributed by atoms with van der Waals surface area (Å²) in [5.41, 5.74) is 6.20. The van der Waals surface area contributed by atoms with Gasteiger partial charge in [-0.25, -0.2) is 4.79 Å². The first-order chi connectivity index (χ1) is 14.0. The molecule has 1 aromatic carbocycles. The molecule has 1 aliphatic carbocycles. The average molecular weight is 403 g/mol. The standard InChI is InChI=1S/C20H30BN3O5/c22-7-8-23-12-14-4-1-3-13(9-14)10-18(25)24-17-11-15-5-2-6-16(20(26)27)19(15)29-21(17)28/h2,5-6,13-14,17,23,28H,1,3-4,7-12,22H2,(H,24,25)(H,26,27)/t13?,14?,17-/m0/s1. The predicted octanol–water partition coefficient (Wildman–Crippen LogP) is 0.569. The lowest BCUT2D eigenvalue weighted by molar-refractivity contribution is -0.122. The van der Waals surface area contributed by atoms with Crippen molar-refractivity contribution in [2.45, 2.75) is 44.5 Å². The van der Waals surface area contributed by atoms with Gasteiger partial charge in [0.15, 0.2) is 0 Å². The van der Waals surface area contributed by atoms with E-state index in [-0.39, 0.29) is 17.2 Å². The summed E-state index contributed by atoms with van der Waals surface area (Å²) in [4.78, 5) is 23.9. The number of nitrogens with two attached hydrogens (primary N) is 1. The monoisotopic (exact) mass is 403 g/mol. The third kappa shape index (κ3) is 5.71. The van der Waals surface area contributed by atoms with Crippen molar-refractivity contribution in [1.82, 2.24) is 10.6 Å². The molecule has 2 aliphatic rings. The van der Waals surface area contributed by atoms with Crippen LogP contribution >= 0.6 is 0 Å². The first-order valence-electron chi connectivity index (χ1n) is 10.4. The number of carbonyl (C=O) groups is 2. The van der Waals surface area contributed by atoms with Gasteiger partial charge in [0.2, 0.25) is 5.91 Å². The van der Waals surface area contributed by atoms with Gasteiger partial charge in [-0.3, -0.25) is 4.79 Å². The number of amides is 1. The Labute approximate surface area is 171 Å². The summed E-state index contributed by atoms with van der Waals surface area (Å²) in [6.07, 6.45) is 5.11. The van der Waals surface area contributed by atoms with Crippen molar-refractivity contribution in [2.24, 2.45) is 17.6 Å². The van der Waals surface area contributed by atoms with E-state index in [0.717, 1.165) is 32.4 Å². The fraction of sp³-hybridized carbons (Fsp3) is 0.600. The highest BCUT2D eigenvalue weighted by molar-refractivity contribution is 6.47. The highest BCUT2D eigenvalue weighted by atomic mass is 16.5. The maximum Gasteiger partial charge on any atom is 0.547 e. The van der Waals surface area contributed by atoms with Crippen LogP contribution in [0.15, 0.2) is 18.2 Å². The lowest BCUT2D eigenvalue weighted by Gasteiger charge is -2.31. The van der Waals surface area contributed by atoms with Gasteiger partial charge < -0.3 is 31.2 Å². The molecule has 1 heterocycles. The molecule has 8 nitrogen and oxygen atoms in total. The lowest BCUT2D eigenvalue weighted by atomic mass is 9.72. The van der Waals surface area contributed by atoms with Crippen LogP contribution in [0, 0.1) is 11.8 Å². The van der Waals surface area contributed by atoms with E-state index in [1.807, 2.05) is 0 Å². The van der Waals surface area contributed by atoms with Gasteiger partial charge in [0.25, 0.3) is 0 Å². The number of para-hydroxylation sites is 1. The fourth-order valence-corrected chi connectivity index (χ4v) is 4.43. The number of hydrogen-bond acceptors (Lipinski definition) is 6. The van der Waals surface area contributed by atoms with Crippen LogP contribution in [-0.2, 0) is 11.2 Å². The summed E-state index contributed by atoms with van der Waals surface area (Å²) in [6.45, 7) is 2.38. The quantitative estimate of drug-likeness (QED) is 0.316. The number of carboxylic acid groups (broad SMARTS) is 1. The van der Waals surface area contributed by atoms with Crippen molar-refractivity contribution in [3.8, 4) is 5.75 Å². The number of rotatable bonds is 8. The molecular weight excluding hydrogens is 373 g/mol. The van der Waals surface area contributed by atoms with Crippen LogP contribution in [0.1, 0.15) is 48.0 Å². The summed E-state index contributed by atoms with van der Waals surface area (Å²) in [6, 6.07) is 4.84. The molecular formula is C20H30BN3O5. The first-order valence-corrected chi connectivity index (χ1v) is 10.4. The van der Waals surface area contributed by atoms with E-state index in [9.17, 15) is 19.7 Å². The molecule has 0 spiro atoms. The first kappa shape index (κ1) is 21.6. The molecule has 2 unspecified atom stereocenters. The van der Waals surface area contributed by atoms with Gasteiger partial charge in [-0.15, -0.1) is 0 Å². The van der Waals surface area contributed by atoms with Crippen molar-refractivity contribution in [3.63, 3.8) is 0 Å². The maximum atomic E-state index is 12.6. The number of carboxylic acids is 1. The number of fused-ring (bicyclic) bond motifs is 1. The minimum Gasteiger partial charge on any atom is -0.534 e. The minimum absolute atomic E-state index is 0.0165. The summed E-state index contributed by atoms with van der Waals surface area (Å²) in [5, 5.41) is 25.8. The molecule has 1 aliphatic heterocycles. The highest BCUT2D eigenvalue weighted by Crippen LogP contribution is 2.32. The summed E-state index contributed by atoms with van der Waals surface area (Å²) >= 11 is 0. The summed E-state index contributed by atoms with van der Waals surface area (Å²) < 4.78 is 5.44. The Bertz CT molecular complexity index is 732. The molecule has 9 heteroatoms. The van der Waals surface area contributed by atoms with Crippen LogP contribution in [0.2, 0.25) is 0 Å². The van der Waals surface area contributed by atoms with Gasteiger partial charge in [-0.1, -0.05) is 18.6 Å². The van der Waals surface area contributed by atoms with Crippen LogP contribution in [0.3, 0.4) is 0 Å². The molecule has 158 valence electrons. The zero-order chi connectivity index (χ0) is 20.8. The molecule has 1 amide bonds. The number of aromatic carboxylic acids is 1. The van der Waals surface area contributed by atoms with Crippen LogP contribution in [0.4, 0.5) is 0 Å². The van der Waals surface area contributed by atoms with Gasteiger partial charge in [0.05, 0.1) is 11.5 Å². The third-order valence-corrected chi connectivity index (χ3v) is 5.82. The van der Waals surface area contributed by atoms with Gasteiger partial charge >= 0.3 is 13.1 Å². The molecule has 1 fully saturated rings. The second kappa shape index (κ2) is 10.1. The zero-order valence-electron chi connectivity index (χ0n) is 16.6. The van der Waals surface area contributed by atoms with E-state index in [2.05, 4.69) is 10.6 Å². The van der Waals surface area contributed by atoms with E-state index in [1.165, 1.54) is 12.5 Å². The molecule has 0 aromatic heterocycles. The van der Waals surface area contributed by atoms with Crippen LogP contribution in [0.25, 0.3) is 0 Å². The fourth-order valence-electron chi connectivity index (χ4n) is 4.43. The van der Waals surface area contributed by atoms with Crippen molar-refractivity contribution >= 4 is 19.0 Å². The highest BCUT2D eigenvalue weighted by Gasteiger charge is 2.38. The Morgan fingerprint density at radius 3 is 2.83 bits per heavy atom. The number of nitrogens with one attached hydrogen (secondary N) is 2. The average Bonchev–Trinajstić information content (AvgIpc) is 2.68. The molecule has 0 bridgehead atoms. The minimum atomic E-state index is -1.27.